The van der Waals surface area contributed by atoms with E-state index in [1.165, 1.54) is 11.1 Å². The number of aromatic nitrogens is 1. The van der Waals surface area contributed by atoms with Gasteiger partial charge < -0.3 is 19.9 Å². The maximum Gasteiger partial charge on any atom is 0.194 e. The van der Waals surface area contributed by atoms with Gasteiger partial charge in [-0.25, -0.2) is 9.98 Å². The van der Waals surface area contributed by atoms with Gasteiger partial charge in [0.05, 0.1) is 19.3 Å². The molecule has 2 aromatic rings. The van der Waals surface area contributed by atoms with Crippen molar-refractivity contribution in [2.24, 2.45) is 4.99 Å². The number of morpholine rings is 1. The average molecular weight is 437 g/mol. The minimum absolute atomic E-state index is 0.317. The van der Waals surface area contributed by atoms with E-state index in [-0.39, 0.29) is 0 Å². The van der Waals surface area contributed by atoms with Crippen LogP contribution in [0, 0.1) is 0 Å². The average Bonchev–Trinajstić information content (AvgIpc) is 2.83. The van der Waals surface area contributed by atoms with Crippen LogP contribution in [0.5, 0.6) is 0 Å². The zero-order valence-corrected chi connectivity index (χ0v) is 19.4. The fourth-order valence-electron chi connectivity index (χ4n) is 4.40. The molecule has 7 heteroatoms. The lowest BCUT2D eigenvalue weighted by Crippen LogP contribution is -2.52. The fourth-order valence-corrected chi connectivity index (χ4v) is 4.40. The Morgan fingerprint density at radius 2 is 1.94 bits per heavy atom. The molecule has 4 rings (SSSR count). The number of ether oxygens (including phenoxy) is 1. The summed E-state index contributed by atoms with van der Waals surface area (Å²) in [6.07, 6.45) is 2.18. The Kier molecular flexibility index (Phi) is 7.96. The van der Waals surface area contributed by atoms with Crippen LogP contribution >= 0.6 is 0 Å². The molecule has 0 aliphatic carbocycles. The molecule has 3 heterocycles. The van der Waals surface area contributed by atoms with Crippen LogP contribution < -0.4 is 10.2 Å². The molecule has 172 valence electrons. The lowest BCUT2D eigenvalue weighted by Gasteiger charge is -2.37. The minimum atomic E-state index is 0.317. The van der Waals surface area contributed by atoms with Crippen molar-refractivity contribution in [2.45, 2.75) is 33.0 Å². The molecule has 0 amide bonds. The van der Waals surface area contributed by atoms with Crippen molar-refractivity contribution < 1.29 is 4.74 Å². The van der Waals surface area contributed by atoms with Crippen molar-refractivity contribution >= 4 is 11.8 Å². The van der Waals surface area contributed by atoms with Crippen molar-refractivity contribution in [3.05, 3.63) is 59.8 Å². The molecule has 2 fully saturated rings. The first-order chi connectivity index (χ1) is 15.7. The first kappa shape index (κ1) is 22.6. The molecule has 2 aliphatic heterocycles. The highest BCUT2D eigenvalue weighted by Crippen LogP contribution is 2.15. The highest BCUT2D eigenvalue weighted by atomic mass is 16.5. The topological polar surface area (TPSA) is 56.2 Å². The second kappa shape index (κ2) is 11.3. The van der Waals surface area contributed by atoms with E-state index in [2.05, 4.69) is 69.2 Å². The van der Waals surface area contributed by atoms with E-state index in [4.69, 9.17) is 9.73 Å². The van der Waals surface area contributed by atoms with Gasteiger partial charge in [-0.15, -0.1) is 0 Å². The molecule has 1 unspecified atom stereocenters. The summed E-state index contributed by atoms with van der Waals surface area (Å²) in [7, 11) is 0. The molecular formula is C25H36N6O. The maximum atomic E-state index is 5.67. The van der Waals surface area contributed by atoms with Crippen LogP contribution in [0.2, 0.25) is 0 Å². The van der Waals surface area contributed by atoms with Gasteiger partial charge in [0.1, 0.15) is 5.82 Å². The Bertz CT molecular complexity index is 866. The molecule has 2 saturated heterocycles. The number of anilines is 1. The molecule has 0 bridgehead atoms. The second-order valence-electron chi connectivity index (χ2n) is 8.57. The summed E-state index contributed by atoms with van der Waals surface area (Å²) in [5.74, 6) is 2.06. The Hall–Kier alpha value is -2.64. The zero-order valence-electron chi connectivity index (χ0n) is 19.4. The second-order valence-corrected chi connectivity index (χ2v) is 8.57. The molecular weight excluding hydrogens is 400 g/mol. The van der Waals surface area contributed by atoms with E-state index in [0.717, 1.165) is 70.7 Å². The molecule has 0 saturated carbocycles. The molecule has 1 aromatic heterocycles. The number of aliphatic imine (C=N–C) groups is 1. The Morgan fingerprint density at radius 3 is 2.69 bits per heavy atom. The number of piperazine rings is 1. The number of rotatable bonds is 6. The quantitative estimate of drug-likeness (QED) is 0.555. The molecule has 0 radical (unpaired) electrons. The van der Waals surface area contributed by atoms with Gasteiger partial charge >= 0.3 is 0 Å². The third-order valence-corrected chi connectivity index (χ3v) is 6.02. The maximum absolute atomic E-state index is 5.67. The van der Waals surface area contributed by atoms with Crippen LogP contribution in [0.4, 0.5) is 5.82 Å². The Labute approximate surface area is 192 Å². The molecule has 7 nitrogen and oxygen atoms in total. The summed E-state index contributed by atoms with van der Waals surface area (Å²) in [6, 6.07) is 14.9. The third-order valence-electron chi connectivity index (χ3n) is 6.02. The van der Waals surface area contributed by atoms with Crippen LogP contribution in [0.25, 0.3) is 0 Å². The van der Waals surface area contributed by atoms with E-state index >= 15 is 0 Å². The molecule has 2 aliphatic rings. The first-order valence-corrected chi connectivity index (χ1v) is 11.8. The van der Waals surface area contributed by atoms with Gasteiger partial charge in [0.25, 0.3) is 0 Å². The number of hydrogen-bond acceptors (Lipinski definition) is 5. The van der Waals surface area contributed by atoms with Gasteiger partial charge in [-0.3, -0.25) is 4.90 Å². The SMILES string of the molecule is CCNC(=NCc1cccc(CN2CCOC(C)C2)c1)N1CCN(c2ccccn2)CC1. The summed E-state index contributed by atoms with van der Waals surface area (Å²) < 4.78 is 5.67. The Morgan fingerprint density at radius 1 is 1.09 bits per heavy atom. The summed E-state index contributed by atoms with van der Waals surface area (Å²) in [6.45, 7) is 13.4. The zero-order chi connectivity index (χ0) is 22.2. The van der Waals surface area contributed by atoms with Crippen LogP contribution in [0.3, 0.4) is 0 Å². The largest absolute Gasteiger partial charge is 0.376 e. The standard InChI is InChI=1S/C25H36N6O/c1-3-26-25(31-13-11-30(12-14-31)24-9-4-5-10-27-24)28-18-22-7-6-8-23(17-22)20-29-15-16-32-21(2)19-29/h4-10,17,21H,3,11-16,18-20H2,1-2H3,(H,26,28). The van der Waals surface area contributed by atoms with Gasteiger partial charge in [0.15, 0.2) is 5.96 Å². The number of nitrogens with one attached hydrogen (secondary N) is 1. The van der Waals surface area contributed by atoms with Gasteiger partial charge in [-0.2, -0.15) is 0 Å². The van der Waals surface area contributed by atoms with Crippen molar-refractivity contribution in [2.75, 3.05) is 57.3 Å². The van der Waals surface area contributed by atoms with E-state index in [1.54, 1.807) is 0 Å². The highest BCUT2D eigenvalue weighted by Gasteiger charge is 2.20. The number of nitrogens with zero attached hydrogens (tertiary/aromatic N) is 5. The molecule has 1 atom stereocenters. The van der Waals surface area contributed by atoms with E-state index in [1.807, 2.05) is 18.3 Å². The van der Waals surface area contributed by atoms with Gasteiger partial charge in [0, 0.05) is 58.6 Å². The predicted octanol–water partition coefficient (Wildman–Crippen LogP) is 2.59. The van der Waals surface area contributed by atoms with Gasteiger partial charge in [-0.1, -0.05) is 30.3 Å². The first-order valence-electron chi connectivity index (χ1n) is 11.8. The summed E-state index contributed by atoms with van der Waals surface area (Å²) in [4.78, 5) is 16.6. The Balaban J connectivity index is 1.35. The van der Waals surface area contributed by atoms with Crippen LogP contribution in [-0.2, 0) is 17.8 Å². The van der Waals surface area contributed by atoms with Crippen LogP contribution in [-0.4, -0.2) is 79.3 Å². The van der Waals surface area contributed by atoms with Crippen molar-refractivity contribution in [3.63, 3.8) is 0 Å². The summed E-state index contributed by atoms with van der Waals surface area (Å²) >= 11 is 0. The lowest BCUT2D eigenvalue weighted by molar-refractivity contribution is -0.0212. The minimum Gasteiger partial charge on any atom is -0.376 e. The van der Waals surface area contributed by atoms with Crippen LogP contribution in [0.1, 0.15) is 25.0 Å². The third kappa shape index (κ3) is 6.20. The normalized spacial score (nSPS) is 20.4. The summed E-state index contributed by atoms with van der Waals surface area (Å²) in [5, 5.41) is 3.48. The number of benzene rings is 1. The van der Waals surface area contributed by atoms with Crippen molar-refractivity contribution in [3.8, 4) is 0 Å². The van der Waals surface area contributed by atoms with Crippen LogP contribution in [0.15, 0.2) is 53.7 Å². The lowest BCUT2D eigenvalue weighted by atomic mass is 10.1. The monoisotopic (exact) mass is 436 g/mol. The molecule has 0 spiro atoms. The van der Waals surface area contributed by atoms with Gasteiger partial charge in [-0.05, 0) is 37.1 Å². The fraction of sp³-hybridized carbons (Fsp3) is 0.520. The number of guanidine groups is 1. The summed E-state index contributed by atoms with van der Waals surface area (Å²) in [5.41, 5.74) is 2.60. The van der Waals surface area contributed by atoms with E-state index in [9.17, 15) is 0 Å². The van der Waals surface area contributed by atoms with E-state index < -0.39 is 0 Å². The van der Waals surface area contributed by atoms with Crippen molar-refractivity contribution in [1.82, 2.24) is 20.1 Å². The van der Waals surface area contributed by atoms with Gasteiger partial charge in [0.2, 0.25) is 0 Å². The van der Waals surface area contributed by atoms with E-state index in [0.29, 0.717) is 12.6 Å². The highest BCUT2D eigenvalue weighted by molar-refractivity contribution is 5.80. The number of hydrogen-bond donors (Lipinski definition) is 1. The molecule has 32 heavy (non-hydrogen) atoms. The predicted molar refractivity (Wildman–Crippen MR) is 130 cm³/mol. The smallest absolute Gasteiger partial charge is 0.194 e. The molecule has 1 N–H and O–H groups in total. The molecule has 1 aromatic carbocycles. The number of pyridine rings is 1. The van der Waals surface area contributed by atoms with Crippen molar-refractivity contribution in [1.29, 1.82) is 0 Å².